The van der Waals surface area contributed by atoms with Gasteiger partial charge < -0.3 is 17.0 Å². The fourth-order valence-corrected chi connectivity index (χ4v) is 2.53. The Balaban J connectivity index is 0.00000180. The van der Waals surface area contributed by atoms with Gasteiger partial charge in [-0.2, -0.15) is 0 Å². The first-order chi connectivity index (χ1) is 8.58. The summed E-state index contributed by atoms with van der Waals surface area (Å²) >= 11 is 1.48. The lowest BCUT2D eigenvalue weighted by Gasteiger charge is -2.01. The molecule has 0 fully saturated rings. The van der Waals surface area contributed by atoms with Gasteiger partial charge in [0.2, 0.25) is 0 Å². The van der Waals surface area contributed by atoms with Crippen LogP contribution in [0, 0.1) is 0 Å². The van der Waals surface area contributed by atoms with Crippen molar-refractivity contribution in [3.8, 4) is 0 Å². The number of nitrogens with zero attached hydrogens (tertiary/aromatic N) is 4. The zero-order valence-electron chi connectivity index (χ0n) is 11.2. The molecule has 2 heterocycles. The Bertz CT molecular complexity index is 544. The third-order valence-electron chi connectivity index (χ3n) is 2.82. The van der Waals surface area contributed by atoms with Crippen molar-refractivity contribution in [1.82, 2.24) is 18.7 Å². The van der Waals surface area contributed by atoms with Crippen molar-refractivity contribution >= 4 is 17.5 Å². The zero-order valence-corrected chi connectivity index (χ0v) is 12.8. The first-order valence-corrected chi connectivity index (χ1v) is 6.68. The molecule has 0 saturated carbocycles. The van der Waals surface area contributed by atoms with Crippen molar-refractivity contribution in [3.05, 3.63) is 30.6 Å². The first kappa shape index (κ1) is 15.8. The summed E-state index contributed by atoms with van der Waals surface area (Å²) in [6.07, 6.45) is 7.98. The highest BCUT2D eigenvalue weighted by Gasteiger charge is 2.15. The maximum Gasteiger partial charge on any atom is 0.196 e. The molecule has 0 aliphatic carbocycles. The van der Waals surface area contributed by atoms with E-state index in [1.807, 2.05) is 53.4 Å². The lowest BCUT2D eigenvalue weighted by Crippen LogP contribution is -3.00. The molecule has 19 heavy (non-hydrogen) atoms. The highest BCUT2D eigenvalue weighted by Crippen LogP contribution is 2.15. The van der Waals surface area contributed by atoms with Gasteiger partial charge >= 0.3 is 0 Å². The molecule has 0 aliphatic heterocycles. The molecular weight excluding hydrogens is 284 g/mol. The normalized spacial score (nSPS) is 10.3. The van der Waals surface area contributed by atoms with Crippen molar-refractivity contribution in [2.24, 2.45) is 21.1 Å². The lowest BCUT2D eigenvalue weighted by atomic mass is 10.3. The smallest absolute Gasteiger partial charge is 0.196 e. The number of carbonyl (C=O) groups excluding carboxylic acids is 1. The van der Waals surface area contributed by atoms with Gasteiger partial charge in [-0.15, -0.1) is 0 Å². The summed E-state index contributed by atoms with van der Waals surface area (Å²) in [7, 11) is 5.83. The number of aromatic nitrogens is 4. The second-order valence-electron chi connectivity index (χ2n) is 4.26. The minimum absolute atomic E-state index is 0. The van der Waals surface area contributed by atoms with Gasteiger partial charge in [0.25, 0.3) is 0 Å². The van der Waals surface area contributed by atoms with Crippen LogP contribution in [0.15, 0.2) is 29.9 Å². The van der Waals surface area contributed by atoms with Crippen LogP contribution in [0.1, 0.15) is 5.82 Å². The maximum absolute atomic E-state index is 11.9. The summed E-state index contributed by atoms with van der Waals surface area (Å²) in [6, 6.07) is 0. The van der Waals surface area contributed by atoms with E-state index in [1.54, 1.807) is 6.20 Å². The topological polar surface area (TPSA) is 44.8 Å². The summed E-state index contributed by atoms with van der Waals surface area (Å²) in [5.74, 6) is 1.68. The number of Topliss-reactive ketones (excluding diaryl/α,β-unsaturated/α-hetero) is 1. The molecule has 2 rings (SSSR count). The predicted octanol–water partition coefficient (Wildman–Crippen LogP) is -1.71. The van der Waals surface area contributed by atoms with Crippen molar-refractivity contribution < 1.29 is 17.2 Å². The summed E-state index contributed by atoms with van der Waals surface area (Å²) in [5.41, 5.74) is 0. The van der Waals surface area contributed by atoms with E-state index in [-0.39, 0.29) is 18.2 Å². The number of aryl methyl sites for hydroxylation is 3. The molecule has 0 aliphatic rings. The molecule has 0 spiro atoms. The number of thioether (sulfide) groups is 1. The Hall–Kier alpha value is -1.27. The lowest BCUT2D eigenvalue weighted by molar-refractivity contribution is -0.116. The van der Waals surface area contributed by atoms with Gasteiger partial charge in [0.1, 0.15) is 6.42 Å². The summed E-state index contributed by atoms with van der Waals surface area (Å²) in [6.45, 7) is 0. The van der Waals surface area contributed by atoms with Gasteiger partial charge in [-0.3, -0.25) is 4.79 Å². The van der Waals surface area contributed by atoms with Gasteiger partial charge in [-0.25, -0.2) is 14.1 Å². The van der Waals surface area contributed by atoms with Gasteiger partial charge in [0.05, 0.1) is 5.75 Å². The van der Waals surface area contributed by atoms with Crippen molar-refractivity contribution in [2.75, 3.05) is 5.75 Å². The number of hydrogen-bond donors (Lipinski definition) is 0. The minimum Gasteiger partial charge on any atom is -1.00 e. The molecule has 0 aromatic carbocycles. The van der Waals surface area contributed by atoms with Crippen LogP contribution >= 0.6 is 11.8 Å². The molecule has 0 radical (unpaired) electrons. The van der Waals surface area contributed by atoms with Gasteiger partial charge in [-0.05, 0) is 0 Å². The number of imidazole rings is 2. The maximum atomic E-state index is 11.9. The Morgan fingerprint density at radius 3 is 2.42 bits per heavy atom. The third kappa shape index (κ3) is 3.84. The highest BCUT2D eigenvalue weighted by atomic mass is 35.5. The number of rotatable bonds is 5. The van der Waals surface area contributed by atoms with Crippen LogP contribution in [0.25, 0.3) is 0 Å². The van der Waals surface area contributed by atoms with E-state index in [2.05, 4.69) is 4.98 Å². The monoisotopic (exact) mass is 300 g/mol. The van der Waals surface area contributed by atoms with E-state index in [4.69, 9.17) is 0 Å². The Labute approximate surface area is 123 Å². The van der Waals surface area contributed by atoms with Crippen LogP contribution in [-0.4, -0.2) is 30.2 Å². The molecule has 104 valence electrons. The minimum atomic E-state index is 0. The fraction of sp³-hybridized carbons (Fsp3) is 0.417. The molecule has 5 nitrogen and oxygen atoms in total. The SMILES string of the molecule is Cn1ccnc1SCC(=O)C[c+]1n(C)ccn1C.[Cl-]. The number of hydrogen-bond acceptors (Lipinski definition) is 3. The van der Waals surface area contributed by atoms with Crippen LogP contribution < -0.4 is 12.4 Å². The average Bonchev–Trinajstić information content (AvgIpc) is 2.87. The molecule has 0 bridgehead atoms. The second kappa shape index (κ2) is 6.77. The second-order valence-corrected chi connectivity index (χ2v) is 5.20. The number of ketones is 1. The molecule has 0 amide bonds. The third-order valence-corrected chi connectivity index (χ3v) is 3.94. The molecule has 2 aromatic heterocycles. The Morgan fingerprint density at radius 1 is 1.26 bits per heavy atom. The zero-order chi connectivity index (χ0) is 13.1. The molecule has 2 aromatic rings. The van der Waals surface area contributed by atoms with Crippen LogP contribution in [0.2, 0.25) is 0 Å². The molecule has 0 atom stereocenters. The first-order valence-electron chi connectivity index (χ1n) is 5.69. The van der Waals surface area contributed by atoms with Crippen LogP contribution in [-0.2, 0) is 32.4 Å². The molecule has 7 heteroatoms. The van der Waals surface area contributed by atoms with Crippen molar-refractivity contribution in [1.29, 1.82) is 0 Å². The Morgan fingerprint density at radius 2 is 1.89 bits per heavy atom. The van der Waals surface area contributed by atoms with Gasteiger partial charge in [0.15, 0.2) is 29.2 Å². The number of halogens is 1. The summed E-state index contributed by atoms with van der Waals surface area (Å²) in [4.78, 5) is 16.1. The largest absolute Gasteiger partial charge is 1.00 e. The highest BCUT2D eigenvalue weighted by molar-refractivity contribution is 7.99. The molecule has 0 unspecified atom stereocenters. The predicted molar refractivity (Wildman–Crippen MR) is 71.4 cm³/mol. The quantitative estimate of drug-likeness (QED) is 0.488. The number of carbonyl (C=O) groups is 1. The van der Waals surface area contributed by atoms with E-state index in [1.165, 1.54) is 11.8 Å². The Kier molecular flexibility index (Phi) is 5.62. The molecule has 0 N–H and O–H groups in total. The fourth-order valence-electron chi connectivity index (χ4n) is 1.73. The van der Waals surface area contributed by atoms with E-state index < -0.39 is 0 Å². The van der Waals surface area contributed by atoms with E-state index in [0.29, 0.717) is 12.2 Å². The van der Waals surface area contributed by atoms with Crippen molar-refractivity contribution in [2.45, 2.75) is 11.6 Å². The summed E-state index contributed by atoms with van der Waals surface area (Å²) in [5, 5.41) is 0.875. The average molecular weight is 301 g/mol. The molecular formula is C12H17ClN4OS. The van der Waals surface area contributed by atoms with Crippen LogP contribution in [0.4, 0.5) is 0 Å². The van der Waals surface area contributed by atoms with Crippen LogP contribution in [0.3, 0.4) is 0 Å². The van der Waals surface area contributed by atoms with Crippen LogP contribution in [0.5, 0.6) is 0 Å². The van der Waals surface area contributed by atoms with E-state index in [9.17, 15) is 4.79 Å². The van der Waals surface area contributed by atoms with E-state index in [0.717, 1.165) is 11.0 Å². The molecule has 0 saturated heterocycles. The van der Waals surface area contributed by atoms with Crippen molar-refractivity contribution in [3.63, 3.8) is 0 Å². The standard InChI is InChI=1S/C12H17N4OS.ClH/c1-14-6-7-15(2)11(14)8-10(17)9-18-12-13-4-5-16(12)3;/h4-7H,8-9H2,1-3H3;1H/q+1;/p-1. The summed E-state index contributed by atoms with van der Waals surface area (Å²) < 4.78 is 5.87. The van der Waals surface area contributed by atoms with Gasteiger partial charge in [0, 0.05) is 33.5 Å². The van der Waals surface area contributed by atoms with E-state index >= 15 is 0 Å². The van der Waals surface area contributed by atoms with Gasteiger partial charge in [-0.1, -0.05) is 11.8 Å².